The molecule has 0 fully saturated rings. The van der Waals surface area contributed by atoms with Crippen molar-refractivity contribution in [1.82, 2.24) is 10.1 Å². The number of esters is 1. The van der Waals surface area contributed by atoms with Crippen molar-refractivity contribution in [3.05, 3.63) is 59.7 Å². The molecule has 10 heteroatoms. The molecule has 4 rings (SSSR count). The SMILES string of the molecule is Cc1noc(CSc2ccccc2C(=O)OCC(=O)Nc2ccc3c(c2)OCCO3)n1. The fourth-order valence-corrected chi connectivity index (χ4v) is 3.70. The molecule has 1 amide bonds. The number of thioether (sulfide) groups is 1. The molecule has 9 nitrogen and oxygen atoms in total. The summed E-state index contributed by atoms with van der Waals surface area (Å²) in [7, 11) is 0. The molecule has 2 heterocycles. The van der Waals surface area contributed by atoms with Gasteiger partial charge in [0.05, 0.1) is 11.3 Å². The fraction of sp³-hybridized carbons (Fsp3) is 0.238. The van der Waals surface area contributed by atoms with E-state index in [9.17, 15) is 9.59 Å². The van der Waals surface area contributed by atoms with Gasteiger partial charge in [0.25, 0.3) is 5.91 Å². The Morgan fingerprint density at radius 2 is 1.94 bits per heavy atom. The highest BCUT2D eigenvalue weighted by Gasteiger charge is 2.17. The number of anilines is 1. The van der Waals surface area contributed by atoms with Crippen LogP contribution in [0.2, 0.25) is 0 Å². The lowest BCUT2D eigenvalue weighted by molar-refractivity contribution is -0.119. The molecule has 0 unspecified atom stereocenters. The number of aromatic nitrogens is 2. The summed E-state index contributed by atoms with van der Waals surface area (Å²) in [5, 5.41) is 6.42. The normalized spacial score (nSPS) is 12.3. The highest BCUT2D eigenvalue weighted by molar-refractivity contribution is 7.98. The first-order valence-corrected chi connectivity index (χ1v) is 10.4. The van der Waals surface area contributed by atoms with Crippen molar-refractivity contribution in [2.75, 3.05) is 25.1 Å². The molecular formula is C21H19N3O6S. The van der Waals surface area contributed by atoms with Crippen molar-refractivity contribution >= 4 is 29.3 Å². The van der Waals surface area contributed by atoms with Gasteiger partial charge in [0.1, 0.15) is 13.2 Å². The number of rotatable bonds is 7. The molecule has 3 aromatic rings. The van der Waals surface area contributed by atoms with Crippen LogP contribution in [0, 0.1) is 6.92 Å². The number of hydrogen-bond donors (Lipinski definition) is 1. The average molecular weight is 441 g/mol. The molecule has 0 atom stereocenters. The third-order valence-electron chi connectivity index (χ3n) is 4.19. The quantitative estimate of drug-likeness (QED) is 0.436. The number of carbonyl (C=O) groups is 2. The first-order valence-electron chi connectivity index (χ1n) is 9.46. The van der Waals surface area contributed by atoms with Gasteiger partial charge in [0.2, 0.25) is 5.89 Å². The second-order valence-corrected chi connectivity index (χ2v) is 7.52. The van der Waals surface area contributed by atoms with Crippen molar-refractivity contribution in [1.29, 1.82) is 0 Å². The van der Waals surface area contributed by atoms with Crippen molar-refractivity contribution in [3.8, 4) is 11.5 Å². The van der Waals surface area contributed by atoms with Crippen LogP contribution in [0.1, 0.15) is 22.1 Å². The molecule has 0 radical (unpaired) electrons. The van der Waals surface area contributed by atoms with Crippen LogP contribution in [-0.2, 0) is 15.3 Å². The summed E-state index contributed by atoms with van der Waals surface area (Å²) in [6, 6.07) is 12.0. The van der Waals surface area contributed by atoms with Crippen LogP contribution in [0.3, 0.4) is 0 Å². The minimum atomic E-state index is -0.595. The van der Waals surface area contributed by atoms with Gasteiger partial charge in [-0.25, -0.2) is 4.79 Å². The Kier molecular flexibility index (Phi) is 6.37. The second-order valence-electron chi connectivity index (χ2n) is 6.50. The van der Waals surface area contributed by atoms with Crippen LogP contribution in [0.15, 0.2) is 51.9 Å². The van der Waals surface area contributed by atoms with E-state index in [-0.39, 0.29) is 0 Å². The minimum Gasteiger partial charge on any atom is -0.486 e. The van der Waals surface area contributed by atoms with Crippen molar-refractivity contribution < 1.29 is 28.3 Å². The van der Waals surface area contributed by atoms with Crippen LogP contribution >= 0.6 is 11.8 Å². The average Bonchev–Trinajstić information content (AvgIpc) is 3.21. The Labute approximate surface area is 182 Å². The summed E-state index contributed by atoms with van der Waals surface area (Å²) < 4.78 is 21.2. The molecule has 0 bridgehead atoms. The predicted octanol–water partition coefficient (Wildman–Crippen LogP) is 3.24. The minimum absolute atomic E-state index is 0.357. The van der Waals surface area contributed by atoms with E-state index in [1.165, 1.54) is 11.8 Å². The number of fused-ring (bicyclic) bond motifs is 1. The van der Waals surface area contributed by atoms with Crippen LogP contribution in [0.5, 0.6) is 11.5 Å². The van der Waals surface area contributed by atoms with E-state index in [0.717, 1.165) is 0 Å². The van der Waals surface area contributed by atoms with Gasteiger partial charge in [-0.05, 0) is 31.2 Å². The topological polar surface area (TPSA) is 113 Å². The molecular weight excluding hydrogens is 422 g/mol. The molecule has 0 aliphatic carbocycles. The molecule has 1 aliphatic heterocycles. The Morgan fingerprint density at radius 1 is 1.13 bits per heavy atom. The highest BCUT2D eigenvalue weighted by Crippen LogP contribution is 2.32. The maximum absolute atomic E-state index is 12.5. The number of carbonyl (C=O) groups excluding carboxylic acids is 2. The number of ether oxygens (including phenoxy) is 3. The molecule has 1 N–H and O–H groups in total. The maximum Gasteiger partial charge on any atom is 0.339 e. The number of aryl methyl sites for hydroxylation is 1. The Balaban J connectivity index is 1.32. The van der Waals surface area contributed by atoms with Gasteiger partial charge in [0.15, 0.2) is 23.9 Å². The Morgan fingerprint density at radius 3 is 2.74 bits per heavy atom. The molecule has 1 aliphatic rings. The van der Waals surface area contributed by atoms with Gasteiger partial charge in [-0.15, -0.1) is 11.8 Å². The summed E-state index contributed by atoms with van der Waals surface area (Å²) >= 11 is 1.37. The maximum atomic E-state index is 12.5. The Hall–Kier alpha value is -3.53. The summed E-state index contributed by atoms with van der Waals surface area (Å²) in [6.45, 7) is 2.25. The van der Waals surface area contributed by atoms with Gasteiger partial charge in [-0.3, -0.25) is 4.79 Å². The third kappa shape index (κ3) is 5.34. The summed E-state index contributed by atoms with van der Waals surface area (Å²) in [5.41, 5.74) is 0.881. The van der Waals surface area contributed by atoms with E-state index >= 15 is 0 Å². The van der Waals surface area contributed by atoms with Gasteiger partial charge >= 0.3 is 5.97 Å². The van der Waals surface area contributed by atoms with E-state index in [1.807, 2.05) is 6.07 Å². The van der Waals surface area contributed by atoms with E-state index in [4.69, 9.17) is 18.7 Å². The monoisotopic (exact) mass is 441 g/mol. The molecule has 0 spiro atoms. The van der Waals surface area contributed by atoms with Gasteiger partial charge in [0, 0.05) is 16.6 Å². The lowest BCUT2D eigenvalue weighted by Gasteiger charge is -2.19. The van der Waals surface area contributed by atoms with E-state index in [2.05, 4.69) is 15.5 Å². The lowest BCUT2D eigenvalue weighted by atomic mass is 10.2. The molecule has 1 aromatic heterocycles. The Bertz CT molecular complexity index is 1100. The lowest BCUT2D eigenvalue weighted by Crippen LogP contribution is -2.21. The number of hydrogen-bond acceptors (Lipinski definition) is 9. The van der Waals surface area contributed by atoms with Crippen LogP contribution in [0.25, 0.3) is 0 Å². The zero-order valence-electron chi connectivity index (χ0n) is 16.6. The zero-order chi connectivity index (χ0) is 21.6. The second kappa shape index (κ2) is 9.52. The van der Waals surface area contributed by atoms with E-state index in [0.29, 0.717) is 58.3 Å². The zero-order valence-corrected chi connectivity index (χ0v) is 17.4. The molecule has 2 aromatic carbocycles. The standard InChI is InChI=1S/C21H19N3O6S/c1-13-22-20(30-24-13)12-31-18-5-3-2-4-15(18)21(26)29-11-19(25)23-14-6-7-16-17(10-14)28-9-8-27-16/h2-7,10H,8-9,11-12H2,1H3,(H,23,25). The number of benzene rings is 2. The van der Waals surface area contributed by atoms with Gasteiger partial charge < -0.3 is 24.1 Å². The van der Waals surface area contributed by atoms with Gasteiger partial charge in [-0.2, -0.15) is 4.98 Å². The van der Waals surface area contributed by atoms with E-state index < -0.39 is 18.5 Å². The van der Waals surface area contributed by atoms with E-state index in [1.54, 1.807) is 43.3 Å². The first kappa shape index (κ1) is 20.7. The number of nitrogens with zero attached hydrogens (tertiary/aromatic N) is 2. The summed E-state index contributed by atoms with van der Waals surface area (Å²) in [5.74, 6) is 1.55. The highest BCUT2D eigenvalue weighted by atomic mass is 32.2. The number of amides is 1. The predicted molar refractivity (Wildman–Crippen MR) is 111 cm³/mol. The summed E-state index contributed by atoms with van der Waals surface area (Å²) in [6.07, 6.45) is 0. The molecule has 0 saturated carbocycles. The molecule has 0 saturated heterocycles. The van der Waals surface area contributed by atoms with Crippen LogP contribution in [-0.4, -0.2) is 41.8 Å². The summed E-state index contributed by atoms with van der Waals surface area (Å²) in [4.78, 5) is 29.6. The number of nitrogens with one attached hydrogen (secondary N) is 1. The first-order chi connectivity index (χ1) is 15.1. The van der Waals surface area contributed by atoms with Crippen molar-refractivity contribution in [2.24, 2.45) is 0 Å². The largest absolute Gasteiger partial charge is 0.486 e. The smallest absolute Gasteiger partial charge is 0.339 e. The molecule has 31 heavy (non-hydrogen) atoms. The molecule has 160 valence electrons. The van der Waals surface area contributed by atoms with Crippen LogP contribution < -0.4 is 14.8 Å². The van der Waals surface area contributed by atoms with Crippen molar-refractivity contribution in [3.63, 3.8) is 0 Å². The van der Waals surface area contributed by atoms with Crippen LogP contribution in [0.4, 0.5) is 5.69 Å². The third-order valence-corrected chi connectivity index (χ3v) is 5.25. The fourth-order valence-electron chi connectivity index (χ4n) is 2.83. The van der Waals surface area contributed by atoms with Crippen molar-refractivity contribution in [2.45, 2.75) is 17.6 Å². The van der Waals surface area contributed by atoms with Gasteiger partial charge in [-0.1, -0.05) is 17.3 Å².